The maximum atomic E-state index is 12.1. The van der Waals surface area contributed by atoms with Gasteiger partial charge in [-0.2, -0.15) is 0 Å². The first-order valence-electron chi connectivity index (χ1n) is 6.49. The molecule has 2 rings (SSSR count). The first-order chi connectivity index (χ1) is 9.58. The fourth-order valence-electron chi connectivity index (χ4n) is 1.95. The molecule has 0 spiro atoms. The fourth-order valence-corrected chi connectivity index (χ4v) is 2.34. The van der Waals surface area contributed by atoms with Crippen LogP contribution in [-0.4, -0.2) is 6.03 Å². The van der Waals surface area contributed by atoms with Crippen molar-refractivity contribution in [2.75, 3.05) is 10.6 Å². The summed E-state index contributed by atoms with van der Waals surface area (Å²) in [5, 5.41) is 5.72. The summed E-state index contributed by atoms with van der Waals surface area (Å²) in [6.07, 6.45) is 0. The van der Waals surface area contributed by atoms with Crippen LogP contribution in [0.15, 0.2) is 53.0 Å². The van der Waals surface area contributed by atoms with Gasteiger partial charge in [0.05, 0.1) is 5.69 Å². The molecule has 0 radical (unpaired) electrons. The Morgan fingerprint density at radius 1 is 0.950 bits per heavy atom. The minimum atomic E-state index is -0.245. The summed E-state index contributed by atoms with van der Waals surface area (Å²) < 4.78 is 0.854. The van der Waals surface area contributed by atoms with Crippen molar-refractivity contribution >= 4 is 33.3 Å². The Bertz CT molecular complexity index is 611. The standard InChI is InChI=1S/C16H17BrN2O/c1-11(2)12-7-3-5-9-14(12)18-16(20)19-15-10-6-4-8-13(15)17/h3-11H,1-2H3,(H2,18,19,20). The lowest BCUT2D eigenvalue weighted by atomic mass is 10.0. The Balaban J connectivity index is 2.11. The van der Waals surface area contributed by atoms with Gasteiger partial charge in [-0.3, -0.25) is 0 Å². The van der Waals surface area contributed by atoms with Crippen molar-refractivity contribution in [1.82, 2.24) is 0 Å². The smallest absolute Gasteiger partial charge is 0.307 e. The topological polar surface area (TPSA) is 41.1 Å². The van der Waals surface area contributed by atoms with Crippen LogP contribution < -0.4 is 10.6 Å². The number of para-hydroxylation sites is 2. The van der Waals surface area contributed by atoms with Gasteiger partial charge >= 0.3 is 6.03 Å². The van der Waals surface area contributed by atoms with Gasteiger partial charge in [-0.1, -0.05) is 44.2 Å². The second kappa shape index (κ2) is 6.57. The van der Waals surface area contributed by atoms with Crippen LogP contribution in [0.5, 0.6) is 0 Å². The van der Waals surface area contributed by atoms with E-state index in [4.69, 9.17) is 0 Å². The van der Waals surface area contributed by atoms with Crippen molar-refractivity contribution in [3.8, 4) is 0 Å². The van der Waals surface area contributed by atoms with Crippen LogP contribution in [0.1, 0.15) is 25.3 Å². The van der Waals surface area contributed by atoms with Crippen molar-refractivity contribution in [3.63, 3.8) is 0 Å². The third-order valence-electron chi connectivity index (χ3n) is 2.95. The number of carbonyl (C=O) groups is 1. The summed E-state index contributed by atoms with van der Waals surface area (Å²) in [6, 6.07) is 15.1. The zero-order valence-electron chi connectivity index (χ0n) is 11.5. The SMILES string of the molecule is CC(C)c1ccccc1NC(=O)Nc1ccccc1Br. The van der Waals surface area contributed by atoms with E-state index < -0.39 is 0 Å². The molecule has 0 aliphatic carbocycles. The molecule has 0 unspecified atom stereocenters. The molecule has 4 heteroatoms. The Morgan fingerprint density at radius 2 is 1.50 bits per heavy atom. The van der Waals surface area contributed by atoms with Crippen LogP contribution in [0.25, 0.3) is 0 Å². The predicted octanol–water partition coefficient (Wildman–Crippen LogP) is 5.22. The number of rotatable bonds is 3. The lowest BCUT2D eigenvalue weighted by Gasteiger charge is -2.14. The Kier molecular flexibility index (Phi) is 4.79. The summed E-state index contributed by atoms with van der Waals surface area (Å²) in [4.78, 5) is 12.1. The van der Waals surface area contributed by atoms with E-state index in [1.165, 1.54) is 0 Å². The number of halogens is 1. The van der Waals surface area contributed by atoms with Crippen LogP contribution in [-0.2, 0) is 0 Å². The molecule has 0 atom stereocenters. The molecule has 0 heterocycles. The maximum Gasteiger partial charge on any atom is 0.323 e. The second-order valence-corrected chi connectivity index (χ2v) is 5.66. The molecule has 3 nitrogen and oxygen atoms in total. The molecule has 2 N–H and O–H groups in total. The van der Waals surface area contributed by atoms with Gasteiger partial charge in [0, 0.05) is 10.2 Å². The number of amides is 2. The molecule has 2 aromatic rings. The number of anilines is 2. The number of urea groups is 1. The maximum absolute atomic E-state index is 12.1. The highest BCUT2D eigenvalue weighted by molar-refractivity contribution is 9.10. The molecule has 0 aliphatic heterocycles. The van der Waals surface area contributed by atoms with Gasteiger partial charge in [-0.25, -0.2) is 4.79 Å². The molecular formula is C16H17BrN2O. The summed E-state index contributed by atoms with van der Waals surface area (Å²) in [6.45, 7) is 4.21. The number of hydrogen-bond acceptors (Lipinski definition) is 1. The summed E-state index contributed by atoms with van der Waals surface area (Å²) in [7, 11) is 0. The number of nitrogens with one attached hydrogen (secondary N) is 2. The van der Waals surface area contributed by atoms with Gasteiger partial charge in [0.15, 0.2) is 0 Å². The van der Waals surface area contributed by atoms with Gasteiger partial charge in [-0.05, 0) is 45.6 Å². The zero-order chi connectivity index (χ0) is 14.5. The molecule has 0 fully saturated rings. The third kappa shape index (κ3) is 3.61. The molecule has 0 aromatic heterocycles. The van der Waals surface area contributed by atoms with Gasteiger partial charge in [0.2, 0.25) is 0 Å². The minimum Gasteiger partial charge on any atom is -0.307 e. The van der Waals surface area contributed by atoms with E-state index in [1.54, 1.807) is 0 Å². The van der Waals surface area contributed by atoms with E-state index in [2.05, 4.69) is 40.4 Å². The number of carbonyl (C=O) groups excluding carboxylic acids is 1. The summed E-state index contributed by atoms with van der Waals surface area (Å²) in [5.41, 5.74) is 2.70. The van der Waals surface area contributed by atoms with E-state index in [9.17, 15) is 4.79 Å². The first-order valence-corrected chi connectivity index (χ1v) is 7.28. The van der Waals surface area contributed by atoms with Crippen molar-refractivity contribution in [2.24, 2.45) is 0 Å². The molecular weight excluding hydrogens is 316 g/mol. The lowest BCUT2D eigenvalue weighted by molar-refractivity contribution is 0.262. The van der Waals surface area contributed by atoms with E-state index in [0.29, 0.717) is 5.92 Å². The Labute approximate surface area is 127 Å². The predicted molar refractivity (Wildman–Crippen MR) is 87.3 cm³/mol. The average molecular weight is 333 g/mol. The second-order valence-electron chi connectivity index (χ2n) is 4.80. The Hall–Kier alpha value is -1.81. The zero-order valence-corrected chi connectivity index (χ0v) is 13.1. The van der Waals surface area contributed by atoms with Gasteiger partial charge in [-0.15, -0.1) is 0 Å². The van der Waals surface area contributed by atoms with Crippen molar-refractivity contribution < 1.29 is 4.79 Å². The Morgan fingerprint density at radius 3 is 2.15 bits per heavy atom. The van der Waals surface area contributed by atoms with Crippen LogP contribution >= 0.6 is 15.9 Å². The molecule has 0 bridgehead atoms. The van der Waals surface area contributed by atoms with Gasteiger partial charge in [0.25, 0.3) is 0 Å². The molecule has 2 amide bonds. The molecule has 20 heavy (non-hydrogen) atoms. The van der Waals surface area contributed by atoms with Crippen molar-refractivity contribution in [2.45, 2.75) is 19.8 Å². The van der Waals surface area contributed by atoms with Gasteiger partial charge in [0.1, 0.15) is 0 Å². The highest BCUT2D eigenvalue weighted by Crippen LogP contribution is 2.25. The van der Waals surface area contributed by atoms with Crippen LogP contribution in [0.4, 0.5) is 16.2 Å². The largest absolute Gasteiger partial charge is 0.323 e. The number of hydrogen-bond donors (Lipinski definition) is 2. The van der Waals surface area contributed by atoms with Crippen LogP contribution in [0.2, 0.25) is 0 Å². The van der Waals surface area contributed by atoms with Crippen LogP contribution in [0, 0.1) is 0 Å². The minimum absolute atomic E-state index is 0.245. The normalized spacial score (nSPS) is 10.4. The molecule has 104 valence electrons. The van der Waals surface area contributed by atoms with E-state index in [-0.39, 0.29) is 6.03 Å². The monoisotopic (exact) mass is 332 g/mol. The highest BCUT2D eigenvalue weighted by Gasteiger charge is 2.09. The molecule has 0 saturated carbocycles. The van der Waals surface area contributed by atoms with Crippen molar-refractivity contribution in [1.29, 1.82) is 0 Å². The highest BCUT2D eigenvalue weighted by atomic mass is 79.9. The molecule has 0 saturated heterocycles. The van der Waals surface area contributed by atoms with E-state index >= 15 is 0 Å². The summed E-state index contributed by atoms with van der Waals surface area (Å²) >= 11 is 3.41. The van der Waals surface area contributed by atoms with E-state index in [0.717, 1.165) is 21.4 Å². The van der Waals surface area contributed by atoms with Gasteiger partial charge < -0.3 is 10.6 Å². The van der Waals surface area contributed by atoms with Crippen molar-refractivity contribution in [3.05, 3.63) is 58.6 Å². The van der Waals surface area contributed by atoms with Crippen LogP contribution in [0.3, 0.4) is 0 Å². The first kappa shape index (κ1) is 14.6. The molecule has 2 aromatic carbocycles. The fraction of sp³-hybridized carbons (Fsp3) is 0.188. The third-order valence-corrected chi connectivity index (χ3v) is 3.64. The lowest BCUT2D eigenvalue weighted by Crippen LogP contribution is -2.20. The number of benzene rings is 2. The van der Waals surface area contributed by atoms with E-state index in [1.807, 2.05) is 48.5 Å². The summed E-state index contributed by atoms with van der Waals surface area (Å²) in [5.74, 6) is 0.356. The quantitative estimate of drug-likeness (QED) is 0.795. The average Bonchev–Trinajstić information content (AvgIpc) is 2.41. The molecule has 0 aliphatic rings.